The van der Waals surface area contributed by atoms with Crippen LogP contribution in [0, 0.1) is 29.1 Å². The number of hydrogen-bond donors (Lipinski definition) is 0. The van der Waals surface area contributed by atoms with Gasteiger partial charge in [-0.15, -0.1) is 0 Å². The summed E-state index contributed by atoms with van der Waals surface area (Å²) in [5.41, 5.74) is 0.103. The van der Waals surface area contributed by atoms with Crippen molar-refractivity contribution in [2.24, 2.45) is 29.1 Å². The summed E-state index contributed by atoms with van der Waals surface area (Å²) in [5, 5.41) is 0. The molecule has 0 aromatic carbocycles. The van der Waals surface area contributed by atoms with Crippen LogP contribution in [0.4, 0.5) is 0 Å². The van der Waals surface area contributed by atoms with Gasteiger partial charge >= 0.3 is 5.97 Å². The van der Waals surface area contributed by atoms with Gasteiger partial charge in [-0.05, 0) is 55.8 Å². The van der Waals surface area contributed by atoms with Gasteiger partial charge in [0.1, 0.15) is 0 Å². The number of methoxy groups -OCH3 is 1. The maximum absolute atomic E-state index is 13.4. The third kappa shape index (κ3) is 4.81. The summed E-state index contributed by atoms with van der Waals surface area (Å²) < 4.78 is 5.00. The molecule has 0 aromatic heterocycles. The Kier molecular flexibility index (Phi) is 7.41. The lowest BCUT2D eigenvalue weighted by Gasteiger charge is -2.32. The number of hydrogen-bond acceptors (Lipinski definition) is 4. The lowest BCUT2D eigenvalue weighted by atomic mass is 9.89. The first-order chi connectivity index (χ1) is 14.3. The zero-order valence-electron chi connectivity index (χ0n) is 19.2. The summed E-state index contributed by atoms with van der Waals surface area (Å²) in [6, 6.07) is -0.371. The van der Waals surface area contributed by atoms with Crippen LogP contribution in [0.1, 0.15) is 78.6 Å². The molecule has 0 N–H and O–H groups in total. The number of rotatable bonds is 1. The number of carbonyl (C=O) groups is 3. The molecule has 2 unspecified atom stereocenters. The molecule has 1 aliphatic carbocycles. The Hall–Kier alpha value is -1.65. The minimum atomic E-state index is -0.405. The summed E-state index contributed by atoms with van der Waals surface area (Å²) >= 11 is 0. The van der Waals surface area contributed by atoms with E-state index in [4.69, 9.17) is 4.74 Å². The van der Waals surface area contributed by atoms with Crippen molar-refractivity contribution >= 4 is 17.7 Å². The van der Waals surface area contributed by atoms with E-state index in [0.717, 1.165) is 44.9 Å². The monoisotopic (exact) mass is 417 g/mol. The van der Waals surface area contributed by atoms with Crippen molar-refractivity contribution in [3.63, 3.8) is 0 Å². The van der Waals surface area contributed by atoms with Crippen LogP contribution in [0.15, 0.2) is 12.2 Å². The minimum Gasteiger partial charge on any atom is -0.469 e. The number of Topliss-reactive ketones (excluding diaryl/α,β-unsaturated/α-hetero) is 1. The van der Waals surface area contributed by atoms with Gasteiger partial charge in [0.2, 0.25) is 5.91 Å². The fraction of sp³-hybridized carbons (Fsp3) is 0.800. The molecule has 5 nitrogen and oxygen atoms in total. The van der Waals surface area contributed by atoms with Crippen molar-refractivity contribution in [1.82, 2.24) is 4.90 Å². The summed E-state index contributed by atoms with van der Waals surface area (Å²) in [6.45, 7) is 7.09. The number of fused-ring (bicyclic) bond motifs is 3. The number of carbonyl (C=O) groups excluding carboxylic acids is 3. The number of amides is 1. The minimum absolute atomic E-state index is 0.0493. The Balaban J connectivity index is 1.79. The first-order valence-electron chi connectivity index (χ1n) is 11.8. The van der Waals surface area contributed by atoms with E-state index in [1.807, 2.05) is 11.8 Å². The Labute approximate surface area is 181 Å². The summed E-state index contributed by atoms with van der Waals surface area (Å²) in [4.78, 5) is 40.9. The van der Waals surface area contributed by atoms with Crippen LogP contribution in [0.25, 0.3) is 0 Å². The second kappa shape index (κ2) is 9.65. The van der Waals surface area contributed by atoms with E-state index in [0.29, 0.717) is 18.9 Å². The normalized spacial score (nSPS) is 35.3. The third-order valence-corrected chi connectivity index (χ3v) is 7.82. The fourth-order valence-corrected chi connectivity index (χ4v) is 5.72. The zero-order chi connectivity index (χ0) is 21.9. The van der Waals surface area contributed by atoms with E-state index < -0.39 is 5.92 Å². The molecule has 0 bridgehead atoms. The first-order valence-corrected chi connectivity index (χ1v) is 11.8. The molecule has 1 saturated carbocycles. The van der Waals surface area contributed by atoms with Crippen LogP contribution in [0.5, 0.6) is 0 Å². The zero-order valence-corrected chi connectivity index (χ0v) is 19.2. The summed E-state index contributed by atoms with van der Waals surface area (Å²) in [5.74, 6) is 0.0294. The van der Waals surface area contributed by atoms with Crippen molar-refractivity contribution in [3.05, 3.63) is 12.2 Å². The topological polar surface area (TPSA) is 63.7 Å². The number of esters is 1. The highest BCUT2D eigenvalue weighted by Crippen LogP contribution is 2.65. The van der Waals surface area contributed by atoms with Crippen LogP contribution >= 0.6 is 0 Å². The van der Waals surface area contributed by atoms with Crippen molar-refractivity contribution in [2.45, 2.75) is 84.6 Å². The smallest absolute Gasteiger partial charge is 0.309 e. The van der Waals surface area contributed by atoms with Crippen LogP contribution in [-0.4, -0.2) is 42.3 Å². The molecule has 2 fully saturated rings. The molecule has 168 valence electrons. The van der Waals surface area contributed by atoms with Gasteiger partial charge in [-0.3, -0.25) is 14.4 Å². The SMILES string of the molecule is COC(=O)[C@@H]1CCCCC=CCCCC[C@H](C)C(=O)N2CC3C([C@H]2C(=O)C1)C3(C)C. The lowest BCUT2D eigenvalue weighted by molar-refractivity contribution is -0.149. The van der Waals surface area contributed by atoms with E-state index in [-0.39, 0.29) is 47.4 Å². The van der Waals surface area contributed by atoms with Gasteiger partial charge in [0.15, 0.2) is 5.78 Å². The summed E-state index contributed by atoms with van der Waals surface area (Å²) in [7, 11) is 1.39. The van der Waals surface area contributed by atoms with Gasteiger partial charge in [-0.1, -0.05) is 45.8 Å². The standard InChI is InChI=1S/C25H39NO4/c1-17-13-11-9-7-5-6-8-10-12-14-18(24(29)30-4)15-20(27)22-21-19(25(21,2)3)16-26(22)23(17)28/h5-6,17-19,21-22H,7-16H2,1-4H3/t17-,18+,19?,21?,22+/m0/s1. The molecule has 0 radical (unpaired) electrons. The molecule has 1 saturated heterocycles. The Morgan fingerprint density at radius 3 is 2.33 bits per heavy atom. The molecule has 2 heterocycles. The molecule has 1 amide bonds. The van der Waals surface area contributed by atoms with Crippen molar-refractivity contribution in [3.8, 4) is 0 Å². The highest BCUT2D eigenvalue weighted by atomic mass is 16.5. The quantitative estimate of drug-likeness (QED) is 0.464. The second-order valence-electron chi connectivity index (χ2n) is 10.2. The first kappa shape index (κ1) is 23.0. The van der Waals surface area contributed by atoms with Gasteiger partial charge in [0, 0.05) is 18.9 Å². The predicted octanol–water partition coefficient (Wildman–Crippen LogP) is 4.54. The number of piperidine rings is 1. The predicted molar refractivity (Wildman–Crippen MR) is 117 cm³/mol. The van der Waals surface area contributed by atoms with E-state index >= 15 is 0 Å². The second-order valence-corrected chi connectivity index (χ2v) is 10.2. The van der Waals surface area contributed by atoms with Gasteiger partial charge in [-0.25, -0.2) is 0 Å². The molecule has 3 rings (SSSR count). The van der Waals surface area contributed by atoms with Gasteiger partial charge in [-0.2, -0.15) is 0 Å². The molecule has 2 aliphatic heterocycles. The maximum Gasteiger partial charge on any atom is 0.309 e. The van der Waals surface area contributed by atoms with Crippen molar-refractivity contribution in [2.75, 3.05) is 13.7 Å². The number of allylic oxidation sites excluding steroid dienone is 2. The van der Waals surface area contributed by atoms with Gasteiger partial charge < -0.3 is 9.64 Å². The fourth-order valence-electron chi connectivity index (χ4n) is 5.72. The average molecular weight is 418 g/mol. The number of nitrogens with zero attached hydrogens (tertiary/aromatic N) is 1. The molecule has 0 spiro atoms. The van der Waals surface area contributed by atoms with Crippen molar-refractivity contribution < 1.29 is 19.1 Å². The molecule has 30 heavy (non-hydrogen) atoms. The molecule has 0 aromatic rings. The molecule has 5 heteroatoms. The molecule has 5 atom stereocenters. The summed E-state index contributed by atoms with van der Waals surface area (Å²) in [6.07, 6.45) is 12.3. The number of ether oxygens (including phenoxy) is 1. The van der Waals surface area contributed by atoms with Gasteiger partial charge in [0.05, 0.1) is 19.1 Å². The lowest BCUT2D eigenvalue weighted by Crippen LogP contribution is -2.48. The largest absolute Gasteiger partial charge is 0.469 e. The Morgan fingerprint density at radius 1 is 1.07 bits per heavy atom. The Morgan fingerprint density at radius 2 is 1.70 bits per heavy atom. The third-order valence-electron chi connectivity index (χ3n) is 7.82. The highest BCUT2D eigenvalue weighted by molar-refractivity contribution is 5.93. The maximum atomic E-state index is 13.4. The molecular weight excluding hydrogens is 378 g/mol. The van der Waals surface area contributed by atoms with E-state index in [9.17, 15) is 14.4 Å². The van der Waals surface area contributed by atoms with Crippen LogP contribution in [0.3, 0.4) is 0 Å². The van der Waals surface area contributed by atoms with Crippen LogP contribution in [0.2, 0.25) is 0 Å². The van der Waals surface area contributed by atoms with Gasteiger partial charge in [0.25, 0.3) is 0 Å². The molecule has 3 aliphatic rings. The van der Waals surface area contributed by atoms with E-state index in [2.05, 4.69) is 26.0 Å². The molecular formula is C25H39NO4. The van der Waals surface area contributed by atoms with Crippen LogP contribution < -0.4 is 0 Å². The van der Waals surface area contributed by atoms with E-state index in [1.165, 1.54) is 7.11 Å². The van der Waals surface area contributed by atoms with Crippen LogP contribution in [-0.2, 0) is 19.1 Å². The van der Waals surface area contributed by atoms with Crippen molar-refractivity contribution in [1.29, 1.82) is 0 Å². The number of ketones is 1. The highest BCUT2D eigenvalue weighted by Gasteiger charge is 2.69. The van der Waals surface area contributed by atoms with E-state index in [1.54, 1.807) is 0 Å². The Bertz CT molecular complexity index is 683. The average Bonchev–Trinajstić information content (AvgIpc) is 3.06.